The number of nitrogens with two attached hydrogens (primary N) is 1. The van der Waals surface area contributed by atoms with Crippen molar-refractivity contribution in [2.45, 2.75) is 11.9 Å². The quantitative estimate of drug-likeness (QED) is 0.611. The Morgan fingerprint density at radius 1 is 1.23 bits per heavy atom. The molecule has 7 nitrogen and oxygen atoms in total. The molecule has 0 aliphatic carbocycles. The van der Waals surface area contributed by atoms with E-state index < -0.39 is 5.97 Å². The summed E-state index contributed by atoms with van der Waals surface area (Å²) in [5, 5.41) is 19.6. The largest absolute Gasteiger partial charge is 0.497 e. The van der Waals surface area contributed by atoms with Crippen molar-refractivity contribution in [1.29, 1.82) is 10.5 Å². The molecule has 132 valence electrons. The van der Waals surface area contributed by atoms with Crippen LogP contribution in [0.25, 0.3) is 11.1 Å². The van der Waals surface area contributed by atoms with Gasteiger partial charge in [-0.05, 0) is 24.6 Å². The van der Waals surface area contributed by atoms with E-state index in [0.717, 1.165) is 11.8 Å². The lowest BCUT2D eigenvalue weighted by molar-refractivity contribution is -0.410. The van der Waals surface area contributed by atoms with Crippen LogP contribution in [0.5, 0.6) is 5.75 Å². The molecule has 0 saturated carbocycles. The van der Waals surface area contributed by atoms with E-state index in [9.17, 15) is 15.3 Å². The summed E-state index contributed by atoms with van der Waals surface area (Å²) in [5.41, 5.74) is 7.46. The predicted molar refractivity (Wildman–Crippen MR) is 96.2 cm³/mol. The van der Waals surface area contributed by atoms with Crippen molar-refractivity contribution < 1.29 is 19.3 Å². The van der Waals surface area contributed by atoms with Crippen molar-refractivity contribution in [3.8, 4) is 29.0 Å². The number of thioether (sulfide) groups is 1. The summed E-state index contributed by atoms with van der Waals surface area (Å²) in [7, 11) is 1.55. The molecule has 0 amide bonds. The van der Waals surface area contributed by atoms with Crippen LogP contribution >= 0.6 is 11.8 Å². The molecule has 0 atom stereocenters. The first kappa shape index (κ1) is 19.1. The summed E-state index contributed by atoms with van der Waals surface area (Å²) in [6.45, 7) is 2.00. The van der Waals surface area contributed by atoms with Crippen molar-refractivity contribution in [3.63, 3.8) is 0 Å². The number of esters is 1. The number of methoxy groups -OCH3 is 1. The van der Waals surface area contributed by atoms with E-state index in [1.807, 2.05) is 6.07 Å². The second kappa shape index (κ2) is 8.75. The number of aromatic nitrogens is 1. The molecule has 1 heterocycles. The first-order chi connectivity index (χ1) is 12.5. The van der Waals surface area contributed by atoms with Gasteiger partial charge in [-0.1, -0.05) is 23.9 Å². The highest BCUT2D eigenvalue weighted by Crippen LogP contribution is 2.34. The number of nitrogen functional groups attached to an aromatic ring is 1. The average Bonchev–Trinajstić information content (AvgIpc) is 2.66. The number of nitriles is 2. The van der Waals surface area contributed by atoms with Gasteiger partial charge in [0, 0.05) is 5.56 Å². The maximum absolute atomic E-state index is 11.6. The lowest BCUT2D eigenvalue weighted by atomic mass is 9.97. The Hall–Kier alpha value is -3.23. The first-order valence-corrected chi connectivity index (χ1v) is 8.66. The summed E-state index contributed by atoms with van der Waals surface area (Å²) in [6, 6.07) is 11.1. The molecule has 0 spiro atoms. The second-order valence-electron chi connectivity index (χ2n) is 5.04. The van der Waals surface area contributed by atoms with Crippen LogP contribution in [0, 0.1) is 22.7 Å². The Bertz CT molecular complexity index is 899. The summed E-state index contributed by atoms with van der Waals surface area (Å²) >= 11 is 1.10. The van der Waals surface area contributed by atoms with Crippen LogP contribution in [0.3, 0.4) is 0 Å². The number of hydrogen-bond acceptors (Lipinski definition) is 7. The topological polar surface area (TPSA) is 123 Å². The molecular formula is C18H17N4O3S+. The van der Waals surface area contributed by atoms with Gasteiger partial charge in [-0.15, -0.1) is 0 Å². The molecule has 0 bridgehead atoms. The highest BCUT2D eigenvalue weighted by Gasteiger charge is 2.24. The highest BCUT2D eigenvalue weighted by molar-refractivity contribution is 7.99. The van der Waals surface area contributed by atoms with Crippen LogP contribution in [-0.4, -0.2) is 25.4 Å². The Kier molecular flexibility index (Phi) is 6.42. The van der Waals surface area contributed by atoms with Gasteiger partial charge in [-0.2, -0.15) is 10.5 Å². The molecule has 0 fully saturated rings. The van der Waals surface area contributed by atoms with Gasteiger partial charge in [0.05, 0.1) is 19.5 Å². The van der Waals surface area contributed by atoms with Crippen molar-refractivity contribution in [1.82, 2.24) is 0 Å². The van der Waals surface area contributed by atoms with Gasteiger partial charge < -0.3 is 9.47 Å². The SMILES string of the molecule is CCOC(=O)CSc1[nH+]c(N)c(C#N)c(-c2ccc(OC)cc2)c1C#N. The zero-order chi connectivity index (χ0) is 19.1. The third kappa shape index (κ3) is 4.05. The average molecular weight is 369 g/mol. The molecule has 0 aliphatic heterocycles. The minimum atomic E-state index is -0.399. The van der Waals surface area contributed by atoms with Crippen LogP contribution in [0.2, 0.25) is 0 Å². The molecule has 1 aromatic heterocycles. The fraction of sp³-hybridized carbons (Fsp3) is 0.222. The zero-order valence-corrected chi connectivity index (χ0v) is 15.1. The van der Waals surface area contributed by atoms with Crippen LogP contribution in [0.4, 0.5) is 5.82 Å². The molecule has 0 radical (unpaired) electrons. The molecule has 0 aliphatic rings. The summed E-state index contributed by atoms with van der Waals surface area (Å²) in [5.74, 6) is 0.400. The highest BCUT2D eigenvalue weighted by atomic mass is 32.2. The molecule has 2 rings (SSSR count). The fourth-order valence-electron chi connectivity index (χ4n) is 2.33. The van der Waals surface area contributed by atoms with Crippen LogP contribution in [0.1, 0.15) is 18.1 Å². The number of rotatable bonds is 6. The van der Waals surface area contributed by atoms with Gasteiger partial charge in [0.2, 0.25) is 0 Å². The normalized spacial score (nSPS) is 9.85. The summed E-state index contributed by atoms with van der Waals surface area (Å²) < 4.78 is 10.0. The molecule has 2 aromatic rings. The minimum Gasteiger partial charge on any atom is -0.497 e. The number of pyridine rings is 1. The number of anilines is 1. The standard InChI is InChI=1S/C18H16N4O3S/c1-3-25-15(23)10-26-18-14(9-20)16(13(8-19)17(21)22-18)11-4-6-12(24-2)7-5-11/h4-7H,3,10H2,1-2H3,(H2,21,22)/p+1. The lowest BCUT2D eigenvalue weighted by Gasteiger charge is -2.10. The maximum Gasteiger partial charge on any atom is 0.316 e. The van der Waals surface area contributed by atoms with Gasteiger partial charge in [0.1, 0.15) is 29.0 Å². The smallest absolute Gasteiger partial charge is 0.316 e. The third-order valence-electron chi connectivity index (χ3n) is 3.49. The number of hydrogen-bond donors (Lipinski definition) is 1. The van der Waals surface area contributed by atoms with E-state index in [0.29, 0.717) is 21.9 Å². The van der Waals surface area contributed by atoms with Gasteiger partial charge >= 0.3 is 5.97 Å². The van der Waals surface area contributed by atoms with Gasteiger partial charge in [0.25, 0.3) is 5.82 Å². The van der Waals surface area contributed by atoms with Gasteiger partial charge in [0.15, 0.2) is 5.03 Å². The third-order valence-corrected chi connectivity index (χ3v) is 4.46. The Morgan fingerprint density at radius 3 is 2.42 bits per heavy atom. The van der Waals surface area contributed by atoms with Gasteiger partial charge in [-0.25, -0.2) is 4.98 Å². The molecule has 0 saturated heterocycles. The molecular weight excluding hydrogens is 352 g/mol. The molecule has 1 aromatic carbocycles. The van der Waals surface area contributed by atoms with Crippen molar-refractivity contribution in [2.75, 3.05) is 25.2 Å². The number of nitrogens with one attached hydrogen (secondary N) is 1. The van der Waals surface area contributed by atoms with E-state index in [2.05, 4.69) is 11.1 Å². The lowest BCUT2D eigenvalue weighted by Crippen LogP contribution is -2.19. The predicted octanol–water partition coefficient (Wildman–Crippen LogP) is 2.16. The van der Waals surface area contributed by atoms with Gasteiger partial charge in [-0.3, -0.25) is 10.5 Å². The van der Waals surface area contributed by atoms with E-state index in [-0.39, 0.29) is 29.3 Å². The number of carbonyl (C=O) groups is 1. The zero-order valence-electron chi connectivity index (χ0n) is 14.3. The summed E-state index contributed by atoms with van der Waals surface area (Å²) in [4.78, 5) is 14.5. The van der Waals surface area contributed by atoms with Crippen LogP contribution in [0.15, 0.2) is 29.3 Å². The molecule has 8 heteroatoms. The minimum absolute atomic E-state index is 0.0203. The summed E-state index contributed by atoms with van der Waals surface area (Å²) in [6.07, 6.45) is 0. The van der Waals surface area contributed by atoms with Crippen LogP contribution in [-0.2, 0) is 9.53 Å². The molecule has 3 N–H and O–H groups in total. The molecule has 0 unspecified atom stereocenters. The fourth-order valence-corrected chi connectivity index (χ4v) is 3.15. The van der Waals surface area contributed by atoms with E-state index in [4.69, 9.17) is 15.2 Å². The van der Waals surface area contributed by atoms with Crippen molar-refractivity contribution in [3.05, 3.63) is 35.4 Å². The first-order valence-electron chi connectivity index (χ1n) is 7.67. The Labute approximate surface area is 155 Å². The Morgan fingerprint density at radius 2 is 1.88 bits per heavy atom. The Balaban J connectivity index is 2.56. The van der Waals surface area contributed by atoms with E-state index >= 15 is 0 Å². The van der Waals surface area contributed by atoms with E-state index in [1.54, 1.807) is 38.3 Å². The van der Waals surface area contributed by atoms with Crippen LogP contribution < -0.4 is 15.5 Å². The van der Waals surface area contributed by atoms with Crippen molar-refractivity contribution >= 4 is 23.5 Å². The maximum atomic E-state index is 11.6. The monoisotopic (exact) mass is 369 g/mol. The number of benzene rings is 1. The molecule has 26 heavy (non-hydrogen) atoms. The number of carbonyl (C=O) groups excluding carboxylic acids is 1. The number of H-pyrrole nitrogens is 1. The number of nitrogens with zero attached hydrogens (tertiary/aromatic N) is 2. The second-order valence-corrected chi connectivity index (χ2v) is 6.02. The number of ether oxygens (including phenoxy) is 2. The number of aromatic amines is 1. The van der Waals surface area contributed by atoms with E-state index in [1.165, 1.54) is 0 Å². The van der Waals surface area contributed by atoms with Crippen molar-refractivity contribution in [2.24, 2.45) is 0 Å².